The van der Waals surface area contributed by atoms with Crippen LogP contribution in [0.5, 0.6) is 0 Å². The molecule has 2 heterocycles. The van der Waals surface area contributed by atoms with Gasteiger partial charge in [0.05, 0.1) is 23.1 Å². The lowest BCUT2D eigenvalue weighted by atomic mass is 10.1. The van der Waals surface area contributed by atoms with Crippen LogP contribution < -0.4 is 5.32 Å². The summed E-state index contributed by atoms with van der Waals surface area (Å²) in [6, 6.07) is 2.44. The molecule has 0 radical (unpaired) electrons. The number of nitrogens with zero attached hydrogens (tertiary/aromatic N) is 1. The van der Waals surface area contributed by atoms with Gasteiger partial charge in [-0.3, -0.25) is 4.79 Å². The summed E-state index contributed by atoms with van der Waals surface area (Å²) in [7, 11) is 0. The van der Waals surface area contributed by atoms with Crippen LogP contribution in [0.1, 0.15) is 21.8 Å². The molecule has 0 atom stereocenters. The summed E-state index contributed by atoms with van der Waals surface area (Å²) in [5, 5.41) is 2.67. The van der Waals surface area contributed by atoms with E-state index in [2.05, 4.69) is 20.3 Å². The zero-order chi connectivity index (χ0) is 15.0. The van der Waals surface area contributed by atoms with Gasteiger partial charge in [0.1, 0.15) is 17.3 Å². The Balaban J connectivity index is 1.91. The van der Waals surface area contributed by atoms with E-state index < -0.39 is 11.7 Å². The smallest absolute Gasteiger partial charge is 0.253 e. The Morgan fingerprint density at radius 1 is 1.48 bits per heavy atom. The first-order valence-corrected chi connectivity index (χ1v) is 6.54. The molecule has 0 unspecified atom stereocenters. The van der Waals surface area contributed by atoms with E-state index in [0.29, 0.717) is 27.3 Å². The number of amides is 1. The highest BCUT2D eigenvalue weighted by molar-refractivity contribution is 7.71. The van der Waals surface area contributed by atoms with E-state index in [0.717, 1.165) is 6.07 Å². The van der Waals surface area contributed by atoms with Crippen LogP contribution in [-0.4, -0.2) is 20.9 Å². The minimum atomic E-state index is -0.518. The zero-order valence-electron chi connectivity index (χ0n) is 11.0. The van der Waals surface area contributed by atoms with Crippen LogP contribution in [0.2, 0.25) is 0 Å². The number of imidazole rings is 1. The molecular weight excluding hydrogens is 295 g/mol. The average Bonchev–Trinajstić information content (AvgIpc) is 3.00. The van der Waals surface area contributed by atoms with Crippen molar-refractivity contribution in [2.75, 3.05) is 0 Å². The Bertz CT molecular complexity index is 880. The van der Waals surface area contributed by atoms with Crippen molar-refractivity contribution in [1.29, 1.82) is 0 Å². The van der Waals surface area contributed by atoms with E-state index in [1.807, 2.05) is 0 Å². The van der Waals surface area contributed by atoms with Crippen molar-refractivity contribution in [3.8, 4) is 0 Å². The molecule has 0 spiro atoms. The first-order valence-electron chi connectivity index (χ1n) is 6.13. The van der Waals surface area contributed by atoms with E-state index in [4.69, 9.17) is 16.6 Å². The SMILES string of the molecule is Cc1ocnc1CNC(=O)c1cc(F)cc2[nH]c(=S)[nH]c12. The second kappa shape index (κ2) is 5.13. The standard InChI is InChI=1S/C13H11FN4O2S/c1-6-10(16-5-20-6)4-15-12(19)8-2-7(14)3-9-11(8)18-13(21)17-9/h2-3,5H,4H2,1H3,(H,15,19)(H2,17,18,21). The van der Waals surface area contributed by atoms with Gasteiger partial charge in [-0.2, -0.15) is 0 Å². The third-order valence-electron chi connectivity index (χ3n) is 3.10. The fraction of sp³-hybridized carbons (Fsp3) is 0.154. The largest absolute Gasteiger partial charge is 0.448 e. The van der Waals surface area contributed by atoms with Crippen LogP contribution in [0.4, 0.5) is 4.39 Å². The number of nitrogens with one attached hydrogen (secondary N) is 3. The number of oxazole rings is 1. The Kier molecular flexibility index (Phi) is 3.30. The highest BCUT2D eigenvalue weighted by Gasteiger charge is 2.14. The fourth-order valence-electron chi connectivity index (χ4n) is 2.04. The molecule has 3 N–H and O–H groups in total. The summed E-state index contributed by atoms with van der Waals surface area (Å²) in [5.74, 6) is -0.316. The van der Waals surface area contributed by atoms with Crippen molar-refractivity contribution in [3.05, 3.63) is 46.1 Å². The third kappa shape index (κ3) is 2.57. The van der Waals surface area contributed by atoms with E-state index in [-0.39, 0.29) is 12.1 Å². The summed E-state index contributed by atoms with van der Waals surface area (Å²) >= 11 is 4.96. The maximum Gasteiger partial charge on any atom is 0.253 e. The minimum Gasteiger partial charge on any atom is -0.448 e. The van der Waals surface area contributed by atoms with Gasteiger partial charge in [-0.1, -0.05) is 0 Å². The molecule has 3 aromatic rings. The van der Waals surface area contributed by atoms with Gasteiger partial charge < -0.3 is 19.7 Å². The predicted molar refractivity (Wildman–Crippen MR) is 75.9 cm³/mol. The van der Waals surface area contributed by atoms with Crippen molar-refractivity contribution >= 4 is 29.2 Å². The number of aryl methyl sites for hydroxylation is 1. The van der Waals surface area contributed by atoms with Crippen LogP contribution >= 0.6 is 12.2 Å². The molecule has 2 aromatic heterocycles. The molecule has 6 nitrogen and oxygen atoms in total. The highest BCUT2D eigenvalue weighted by atomic mass is 32.1. The molecule has 1 amide bonds. The molecule has 0 fully saturated rings. The van der Waals surface area contributed by atoms with E-state index in [1.165, 1.54) is 12.5 Å². The Morgan fingerprint density at radius 3 is 3.00 bits per heavy atom. The van der Waals surface area contributed by atoms with E-state index in [9.17, 15) is 9.18 Å². The number of H-pyrrole nitrogens is 2. The lowest BCUT2D eigenvalue weighted by molar-refractivity contribution is 0.0951. The van der Waals surface area contributed by atoms with Crippen molar-refractivity contribution in [3.63, 3.8) is 0 Å². The maximum atomic E-state index is 13.6. The van der Waals surface area contributed by atoms with Crippen LogP contribution in [0.15, 0.2) is 22.9 Å². The topological polar surface area (TPSA) is 86.7 Å². The van der Waals surface area contributed by atoms with Crippen molar-refractivity contribution in [1.82, 2.24) is 20.3 Å². The first kappa shape index (κ1) is 13.5. The third-order valence-corrected chi connectivity index (χ3v) is 3.30. The predicted octanol–water partition coefficient (Wildman–Crippen LogP) is 2.59. The molecule has 108 valence electrons. The lowest BCUT2D eigenvalue weighted by Crippen LogP contribution is -2.23. The molecule has 0 saturated carbocycles. The number of halogens is 1. The number of carbonyl (C=O) groups excluding carboxylic acids is 1. The van der Waals surface area contributed by atoms with Crippen LogP contribution in [-0.2, 0) is 6.54 Å². The number of hydrogen-bond acceptors (Lipinski definition) is 4. The second-order valence-electron chi connectivity index (χ2n) is 4.49. The molecule has 3 rings (SSSR count). The molecule has 21 heavy (non-hydrogen) atoms. The van der Waals surface area contributed by atoms with Gasteiger partial charge in [0.15, 0.2) is 11.2 Å². The number of carbonyl (C=O) groups is 1. The summed E-state index contributed by atoms with van der Waals surface area (Å²) in [6.07, 6.45) is 1.31. The van der Waals surface area contributed by atoms with Gasteiger partial charge in [0, 0.05) is 0 Å². The van der Waals surface area contributed by atoms with Gasteiger partial charge in [-0.25, -0.2) is 9.37 Å². The van der Waals surface area contributed by atoms with Crippen LogP contribution in [0, 0.1) is 17.5 Å². The van der Waals surface area contributed by atoms with Crippen LogP contribution in [0.3, 0.4) is 0 Å². The number of benzene rings is 1. The zero-order valence-corrected chi connectivity index (χ0v) is 11.8. The highest BCUT2D eigenvalue weighted by Crippen LogP contribution is 2.18. The Morgan fingerprint density at radius 2 is 2.29 bits per heavy atom. The Hall–Kier alpha value is -2.48. The van der Waals surface area contributed by atoms with Crippen LogP contribution in [0.25, 0.3) is 11.0 Å². The van der Waals surface area contributed by atoms with Crippen molar-refractivity contribution < 1.29 is 13.6 Å². The molecule has 1 aromatic carbocycles. The summed E-state index contributed by atoms with van der Waals surface area (Å²) in [6.45, 7) is 1.95. The minimum absolute atomic E-state index is 0.179. The molecular formula is C13H11FN4O2S. The van der Waals surface area contributed by atoms with Crippen molar-refractivity contribution in [2.24, 2.45) is 0 Å². The van der Waals surface area contributed by atoms with E-state index >= 15 is 0 Å². The van der Waals surface area contributed by atoms with Crippen molar-refractivity contribution in [2.45, 2.75) is 13.5 Å². The Labute approximate surface area is 123 Å². The van der Waals surface area contributed by atoms with Gasteiger partial charge in [-0.15, -0.1) is 0 Å². The summed E-state index contributed by atoms with van der Waals surface area (Å²) in [5.41, 5.74) is 1.72. The second-order valence-corrected chi connectivity index (χ2v) is 4.90. The maximum absolute atomic E-state index is 13.6. The molecule has 0 aliphatic heterocycles. The summed E-state index contributed by atoms with van der Waals surface area (Å²) in [4.78, 5) is 21.8. The number of aromatic amines is 2. The number of hydrogen-bond donors (Lipinski definition) is 3. The molecule has 0 aliphatic rings. The van der Waals surface area contributed by atoms with Gasteiger partial charge in [0.25, 0.3) is 5.91 Å². The molecule has 8 heteroatoms. The monoisotopic (exact) mass is 306 g/mol. The van der Waals surface area contributed by atoms with E-state index in [1.54, 1.807) is 6.92 Å². The molecule has 0 aliphatic carbocycles. The van der Waals surface area contributed by atoms with Gasteiger partial charge >= 0.3 is 0 Å². The first-order chi connectivity index (χ1) is 10.0. The van der Waals surface area contributed by atoms with Gasteiger partial charge in [-0.05, 0) is 31.3 Å². The molecule has 0 saturated heterocycles. The lowest BCUT2D eigenvalue weighted by Gasteiger charge is -2.05. The summed E-state index contributed by atoms with van der Waals surface area (Å²) < 4.78 is 18.9. The van der Waals surface area contributed by atoms with Gasteiger partial charge in [0.2, 0.25) is 0 Å². The fourth-order valence-corrected chi connectivity index (χ4v) is 2.26. The average molecular weight is 306 g/mol. The number of aromatic nitrogens is 3. The number of fused-ring (bicyclic) bond motifs is 1. The molecule has 0 bridgehead atoms. The quantitative estimate of drug-likeness (QED) is 0.649. The number of rotatable bonds is 3. The normalized spacial score (nSPS) is 11.0.